The minimum atomic E-state index is -0.919. The number of carbonyl (C=O) groups is 2. The van der Waals surface area contributed by atoms with Crippen LogP contribution >= 0.6 is 0 Å². The van der Waals surface area contributed by atoms with E-state index in [1.54, 1.807) is 6.92 Å². The van der Waals surface area contributed by atoms with Gasteiger partial charge in [0.05, 0.1) is 0 Å². The first-order chi connectivity index (χ1) is 10.1. The molecule has 0 aromatic rings. The molecule has 0 spiro atoms. The molecule has 1 aliphatic carbocycles. The summed E-state index contributed by atoms with van der Waals surface area (Å²) in [6.07, 6.45) is 1.34. The Balaban J connectivity index is 2.32. The normalized spacial score (nSPS) is 31.4. The molecule has 22 heavy (non-hydrogen) atoms. The van der Waals surface area contributed by atoms with Crippen molar-refractivity contribution in [1.82, 2.24) is 0 Å². The molecule has 0 fully saturated rings. The van der Waals surface area contributed by atoms with Crippen molar-refractivity contribution < 1.29 is 23.8 Å². The van der Waals surface area contributed by atoms with Gasteiger partial charge in [0.2, 0.25) is 0 Å². The van der Waals surface area contributed by atoms with Crippen LogP contribution in [0, 0.1) is 11.8 Å². The average molecular weight is 308 g/mol. The van der Waals surface area contributed by atoms with Crippen LogP contribution in [-0.2, 0) is 23.8 Å². The van der Waals surface area contributed by atoms with Crippen LogP contribution in [0.3, 0.4) is 0 Å². The van der Waals surface area contributed by atoms with Crippen molar-refractivity contribution in [2.75, 3.05) is 0 Å². The van der Waals surface area contributed by atoms with Gasteiger partial charge in [0.25, 0.3) is 5.79 Å². The first-order valence-electron chi connectivity index (χ1n) is 7.65. The van der Waals surface area contributed by atoms with E-state index in [0.717, 1.165) is 29.1 Å². The Morgan fingerprint density at radius 2 is 1.82 bits per heavy atom. The van der Waals surface area contributed by atoms with Crippen molar-refractivity contribution in [2.24, 2.45) is 11.8 Å². The van der Waals surface area contributed by atoms with E-state index in [9.17, 15) is 9.59 Å². The lowest BCUT2D eigenvalue weighted by atomic mass is 9.78. The number of ether oxygens (including phenoxy) is 3. The zero-order chi connectivity index (χ0) is 16.7. The van der Waals surface area contributed by atoms with E-state index in [1.807, 2.05) is 20.8 Å². The number of hydrogen-bond acceptors (Lipinski definition) is 5. The van der Waals surface area contributed by atoms with Gasteiger partial charge in [0.1, 0.15) is 11.5 Å². The lowest BCUT2D eigenvalue weighted by Crippen LogP contribution is -2.40. The third-order valence-electron chi connectivity index (χ3n) is 4.45. The van der Waals surface area contributed by atoms with Crippen LogP contribution in [0.15, 0.2) is 22.7 Å². The van der Waals surface area contributed by atoms with Crippen LogP contribution < -0.4 is 0 Å². The number of esters is 2. The molecule has 1 heterocycles. The highest BCUT2D eigenvalue weighted by Gasteiger charge is 2.42. The Hall–Kier alpha value is -1.78. The monoisotopic (exact) mass is 308 g/mol. The van der Waals surface area contributed by atoms with Crippen LogP contribution in [0.1, 0.15) is 54.4 Å². The molecular weight excluding hydrogens is 284 g/mol. The predicted octanol–water partition coefficient (Wildman–Crippen LogP) is 3.45. The fourth-order valence-corrected chi connectivity index (χ4v) is 3.24. The molecule has 0 saturated carbocycles. The zero-order valence-electron chi connectivity index (χ0n) is 14.1. The van der Waals surface area contributed by atoms with Crippen LogP contribution in [0.5, 0.6) is 0 Å². The predicted molar refractivity (Wildman–Crippen MR) is 80.3 cm³/mol. The molecule has 3 unspecified atom stereocenters. The molecule has 0 aromatic heterocycles. The van der Waals surface area contributed by atoms with E-state index in [4.69, 9.17) is 14.2 Å². The van der Waals surface area contributed by atoms with Crippen molar-refractivity contribution in [3.05, 3.63) is 22.7 Å². The highest BCUT2D eigenvalue weighted by molar-refractivity contribution is 5.68. The summed E-state index contributed by atoms with van der Waals surface area (Å²) in [5, 5.41) is 0. The summed E-state index contributed by atoms with van der Waals surface area (Å²) in [7, 11) is 0. The SMILES string of the molecule is CC(=O)OC1=C(C)C(C)C2=C(CCC(C)(OC(C)=O)O2)C1C. The quantitative estimate of drug-likeness (QED) is 0.731. The summed E-state index contributed by atoms with van der Waals surface area (Å²) in [5.41, 5.74) is 2.10. The second kappa shape index (κ2) is 5.78. The molecule has 122 valence electrons. The van der Waals surface area contributed by atoms with Crippen LogP contribution in [0.2, 0.25) is 0 Å². The van der Waals surface area contributed by atoms with Gasteiger partial charge in [-0.2, -0.15) is 0 Å². The molecule has 5 nitrogen and oxygen atoms in total. The highest BCUT2D eigenvalue weighted by atomic mass is 16.7. The lowest BCUT2D eigenvalue weighted by Gasteiger charge is -2.42. The number of rotatable bonds is 2. The molecule has 0 bridgehead atoms. The molecule has 0 saturated heterocycles. The Kier molecular flexibility index (Phi) is 4.36. The smallest absolute Gasteiger partial charge is 0.307 e. The standard InChI is InChI=1S/C17H24O5/c1-9-10(2)16-14(11(3)15(9)20-12(4)18)7-8-17(6,22-16)21-13(5)19/h10-11H,7-8H2,1-6H3. The molecule has 1 aliphatic heterocycles. The summed E-state index contributed by atoms with van der Waals surface area (Å²) in [6.45, 7) is 10.6. The Morgan fingerprint density at radius 3 is 2.36 bits per heavy atom. The van der Waals surface area contributed by atoms with Gasteiger partial charge >= 0.3 is 11.9 Å². The Bertz CT molecular complexity index is 572. The minimum absolute atomic E-state index is 0.00280. The van der Waals surface area contributed by atoms with Gasteiger partial charge in [-0.05, 0) is 24.5 Å². The molecular formula is C17H24O5. The molecule has 0 radical (unpaired) electrons. The van der Waals surface area contributed by atoms with E-state index in [0.29, 0.717) is 6.42 Å². The summed E-state index contributed by atoms with van der Waals surface area (Å²) in [4.78, 5) is 22.6. The molecule has 0 N–H and O–H groups in total. The Labute approximate surface area is 131 Å². The van der Waals surface area contributed by atoms with Gasteiger partial charge in [-0.15, -0.1) is 0 Å². The minimum Gasteiger partial charge on any atom is -0.456 e. The molecule has 0 aromatic carbocycles. The van der Waals surface area contributed by atoms with Crippen molar-refractivity contribution >= 4 is 11.9 Å². The summed E-state index contributed by atoms with van der Waals surface area (Å²) >= 11 is 0. The molecule has 3 atom stereocenters. The largest absolute Gasteiger partial charge is 0.456 e. The fourth-order valence-electron chi connectivity index (χ4n) is 3.24. The second-order valence-corrected chi connectivity index (χ2v) is 6.30. The second-order valence-electron chi connectivity index (χ2n) is 6.30. The van der Waals surface area contributed by atoms with Crippen LogP contribution in [0.25, 0.3) is 0 Å². The maximum absolute atomic E-state index is 11.3. The van der Waals surface area contributed by atoms with E-state index in [1.165, 1.54) is 13.8 Å². The zero-order valence-corrected chi connectivity index (χ0v) is 14.1. The third kappa shape index (κ3) is 3.03. The van der Waals surface area contributed by atoms with E-state index >= 15 is 0 Å². The summed E-state index contributed by atoms with van der Waals surface area (Å²) < 4.78 is 16.8. The fraction of sp³-hybridized carbons (Fsp3) is 0.647. The maximum atomic E-state index is 11.3. The van der Waals surface area contributed by atoms with Gasteiger partial charge < -0.3 is 14.2 Å². The van der Waals surface area contributed by atoms with Crippen LogP contribution in [0.4, 0.5) is 0 Å². The average Bonchev–Trinajstić information content (AvgIpc) is 2.39. The number of hydrogen-bond donors (Lipinski definition) is 0. The van der Waals surface area contributed by atoms with Crippen molar-refractivity contribution in [3.8, 4) is 0 Å². The summed E-state index contributed by atoms with van der Waals surface area (Å²) in [5.74, 6) is -0.0189. The van der Waals surface area contributed by atoms with Crippen molar-refractivity contribution in [1.29, 1.82) is 0 Å². The third-order valence-corrected chi connectivity index (χ3v) is 4.45. The molecule has 2 rings (SSSR count). The van der Waals surface area contributed by atoms with Gasteiger partial charge in [-0.1, -0.05) is 13.8 Å². The highest BCUT2D eigenvalue weighted by Crippen LogP contribution is 2.47. The van der Waals surface area contributed by atoms with E-state index < -0.39 is 5.79 Å². The summed E-state index contributed by atoms with van der Waals surface area (Å²) in [6, 6.07) is 0. The first-order valence-corrected chi connectivity index (χ1v) is 7.65. The van der Waals surface area contributed by atoms with Gasteiger partial charge in [0.15, 0.2) is 0 Å². The van der Waals surface area contributed by atoms with Gasteiger partial charge in [0, 0.05) is 39.0 Å². The topological polar surface area (TPSA) is 61.8 Å². The Morgan fingerprint density at radius 1 is 1.18 bits per heavy atom. The number of allylic oxidation sites excluding steroid dienone is 2. The van der Waals surface area contributed by atoms with Gasteiger partial charge in [-0.25, -0.2) is 0 Å². The van der Waals surface area contributed by atoms with Crippen molar-refractivity contribution in [3.63, 3.8) is 0 Å². The molecule has 5 heteroatoms. The van der Waals surface area contributed by atoms with Crippen molar-refractivity contribution in [2.45, 2.75) is 60.2 Å². The maximum Gasteiger partial charge on any atom is 0.307 e. The lowest BCUT2D eigenvalue weighted by molar-refractivity contribution is -0.217. The number of carbonyl (C=O) groups excluding carboxylic acids is 2. The van der Waals surface area contributed by atoms with E-state index in [2.05, 4.69) is 0 Å². The first kappa shape index (κ1) is 16.6. The molecule has 2 aliphatic rings. The van der Waals surface area contributed by atoms with Crippen LogP contribution in [-0.4, -0.2) is 17.7 Å². The van der Waals surface area contributed by atoms with E-state index in [-0.39, 0.29) is 23.8 Å². The van der Waals surface area contributed by atoms with Gasteiger partial charge in [-0.3, -0.25) is 9.59 Å². The molecule has 0 amide bonds.